The van der Waals surface area contributed by atoms with Crippen molar-refractivity contribution in [2.45, 2.75) is 6.92 Å². The van der Waals surface area contributed by atoms with E-state index < -0.39 is 0 Å². The van der Waals surface area contributed by atoms with Gasteiger partial charge < -0.3 is 10.6 Å². The summed E-state index contributed by atoms with van der Waals surface area (Å²) in [7, 11) is 0. The molecule has 2 N–H and O–H groups in total. The molecular weight excluding hydrogens is 382 g/mol. The molecular formula is C12H11ClFIN4. The molecule has 19 heavy (non-hydrogen) atoms. The fraction of sp³-hybridized carbons (Fsp3) is 0.167. The lowest BCUT2D eigenvalue weighted by molar-refractivity contribution is 0.627. The van der Waals surface area contributed by atoms with Crippen LogP contribution in [-0.4, -0.2) is 16.5 Å². The number of hydrogen-bond donors (Lipinski definition) is 2. The number of anilines is 3. The molecule has 0 unspecified atom stereocenters. The maximum Gasteiger partial charge on any atom is 0.224 e. The first-order valence-corrected chi connectivity index (χ1v) is 7.04. The first-order chi connectivity index (χ1) is 9.10. The van der Waals surface area contributed by atoms with E-state index in [0.29, 0.717) is 16.8 Å². The number of hydrogen-bond acceptors (Lipinski definition) is 4. The maximum atomic E-state index is 13.0. The van der Waals surface area contributed by atoms with Crippen LogP contribution in [0.2, 0.25) is 5.02 Å². The van der Waals surface area contributed by atoms with Crippen molar-refractivity contribution in [1.29, 1.82) is 0 Å². The fourth-order valence-electron chi connectivity index (χ4n) is 1.42. The average Bonchev–Trinajstić information content (AvgIpc) is 2.37. The molecule has 0 spiro atoms. The van der Waals surface area contributed by atoms with Gasteiger partial charge in [-0.3, -0.25) is 0 Å². The Morgan fingerprint density at radius 2 is 2.21 bits per heavy atom. The van der Waals surface area contributed by atoms with Gasteiger partial charge in [0.15, 0.2) is 5.82 Å². The molecule has 0 aliphatic carbocycles. The van der Waals surface area contributed by atoms with E-state index in [0.717, 1.165) is 15.8 Å². The van der Waals surface area contributed by atoms with E-state index >= 15 is 0 Å². The molecule has 0 bridgehead atoms. The van der Waals surface area contributed by atoms with E-state index in [2.05, 4.69) is 20.6 Å². The first-order valence-electron chi connectivity index (χ1n) is 5.58. The van der Waals surface area contributed by atoms with E-state index in [1.165, 1.54) is 18.3 Å². The van der Waals surface area contributed by atoms with Crippen LogP contribution < -0.4 is 10.6 Å². The van der Waals surface area contributed by atoms with Crippen molar-refractivity contribution in [1.82, 2.24) is 9.97 Å². The smallest absolute Gasteiger partial charge is 0.224 e. The molecule has 0 aliphatic heterocycles. The largest absolute Gasteiger partial charge is 0.354 e. The lowest BCUT2D eigenvalue weighted by Gasteiger charge is -2.10. The third kappa shape index (κ3) is 3.66. The summed E-state index contributed by atoms with van der Waals surface area (Å²) >= 11 is 8.08. The molecule has 2 aromatic rings. The summed E-state index contributed by atoms with van der Waals surface area (Å²) in [4.78, 5) is 8.31. The fourth-order valence-corrected chi connectivity index (χ4v) is 2.17. The van der Waals surface area contributed by atoms with Crippen LogP contribution in [0, 0.1) is 9.39 Å². The Hall–Kier alpha value is -1.15. The summed E-state index contributed by atoms with van der Waals surface area (Å²) in [6, 6.07) is 4.45. The van der Waals surface area contributed by atoms with Gasteiger partial charge >= 0.3 is 0 Å². The topological polar surface area (TPSA) is 49.8 Å². The summed E-state index contributed by atoms with van der Waals surface area (Å²) in [5.74, 6) is 0.695. The Balaban J connectivity index is 2.29. The van der Waals surface area contributed by atoms with Crippen LogP contribution in [0.15, 0.2) is 24.4 Å². The Labute approximate surface area is 128 Å². The van der Waals surface area contributed by atoms with E-state index in [-0.39, 0.29) is 5.82 Å². The van der Waals surface area contributed by atoms with Crippen LogP contribution in [0.4, 0.5) is 21.8 Å². The van der Waals surface area contributed by atoms with Gasteiger partial charge in [0.25, 0.3) is 0 Å². The van der Waals surface area contributed by atoms with Crippen LogP contribution in [-0.2, 0) is 0 Å². The lowest BCUT2D eigenvalue weighted by Crippen LogP contribution is -2.05. The van der Waals surface area contributed by atoms with Crippen molar-refractivity contribution >= 4 is 51.6 Å². The molecule has 0 radical (unpaired) electrons. The van der Waals surface area contributed by atoms with Gasteiger partial charge in [0, 0.05) is 10.1 Å². The van der Waals surface area contributed by atoms with Crippen LogP contribution in [0.25, 0.3) is 0 Å². The highest BCUT2D eigenvalue weighted by Gasteiger charge is 2.08. The van der Waals surface area contributed by atoms with E-state index in [9.17, 15) is 4.39 Å². The molecule has 0 atom stereocenters. The number of halogens is 3. The van der Waals surface area contributed by atoms with E-state index in [1.807, 2.05) is 29.5 Å². The molecule has 1 aromatic carbocycles. The molecule has 0 saturated carbocycles. The Morgan fingerprint density at radius 3 is 2.89 bits per heavy atom. The van der Waals surface area contributed by atoms with Gasteiger partial charge in [-0.2, -0.15) is 4.98 Å². The van der Waals surface area contributed by atoms with Gasteiger partial charge in [-0.15, -0.1) is 0 Å². The van der Waals surface area contributed by atoms with Gasteiger partial charge in [0.1, 0.15) is 10.8 Å². The molecule has 4 nitrogen and oxygen atoms in total. The van der Waals surface area contributed by atoms with Crippen LogP contribution in [0.5, 0.6) is 0 Å². The Bertz CT molecular complexity index is 594. The molecule has 0 amide bonds. The second kappa shape index (κ2) is 6.33. The predicted molar refractivity (Wildman–Crippen MR) is 83.6 cm³/mol. The standard InChI is InChI=1S/C12H11ClFIN4/c1-2-16-12-17-6-8(13)11(19-12)18-10-4-3-7(14)5-9(10)15/h3-6H,2H2,1H3,(H2,16,17,18,19). The van der Waals surface area contributed by atoms with Crippen LogP contribution >= 0.6 is 34.2 Å². The van der Waals surface area contributed by atoms with Gasteiger partial charge in [-0.1, -0.05) is 11.6 Å². The molecule has 0 aliphatic rings. The molecule has 1 aromatic heterocycles. The normalized spacial score (nSPS) is 10.3. The number of aromatic nitrogens is 2. The van der Waals surface area contributed by atoms with Crippen LogP contribution in [0.3, 0.4) is 0 Å². The number of nitrogens with one attached hydrogen (secondary N) is 2. The highest BCUT2D eigenvalue weighted by atomic mass is 127. The zero-order chi connectivity index (χ0) is 13.8. The summed E-state index contributed by atoms with van der Waals surface area (Å²) in [6.07, 6.45) is 1.52. The highest BCUT2D eigenvalue weighted by Crippen LogP contribution is 2.27. The summed E-state index contributed by atoms with van der Waals surface area (Å²) in [6.45, 7) is 2.67. The molecule has 0 fully saturated rings. The molecule has 100 valence electrons. The monoisotopic (exact) mass is 392 g/mol. The van der Waals surface area contributed by atoms with Gasteiger partial charge in [-0.05, 0) is 47.7 Å². The van der Waals surface area contributed by atoms with E-state index in [4.69, 9.17) is 11.6 Å². The predicted octanol–water partition coefficient (Wildman–Crippen LogP) is 4.05. The SMILES string of the molecule is CCNc1ncc(Cl)c(Nc2ccc(F)cc2I)n1. The number of nitrogens with zero attached hydrogens (tertiary/aromatic N) is 2. The minimum absolute atomic E-state index is 0.280. The summed E-state index contributed by atoms with van der Waals surface area (Å²) in [5, 5.41) is 6.48. The van der Waals surface area contributed by atoms with Crippen molar-refractivity contribution < 1.29 is 4.39 Å². The van der Waals surface area contributed by atoms with Gasteiger partial charge in [0.2, 0.25) is 5.95 Å². The van der Waals surface area contributed by atoms with Gasteiger partial charge in [-0.25, -0.2) is 9.37 Å². The number of benzene rings is 1. The minimum Gasteiger partial charge on any atom is -0.354 e. The van der Waals surface area contributed by atoms with E-state index in [1.54, 1.807) is 6.07 Å². The van der Waals surface area contributed by atoms with Crippen molar-refractivity contribution in [3.05, 3.63) is 38.8 Å². The summed E-state index contributed by atoms with van der Waals surface area (Å²) in [5.41, 5.74) is 0.741. The molecule has 0 saturated heterocycles. The third-order valence-electron chi connectivity index (χ3n) is 2.26. The lowest BCUT2D eigenvalue weighted by atomic mass is 10.3. The van der Waals surface area contributed by atoms with Crippen LogP contribution in [0.1, 0.15) is 6.92 Å². The zero-order valence-electron chi connectivity index (χ0n) is 10.0. The van der Waals surface area contributed by atoms with Crippen molar-refractivity contribution in [2.75, 3.05) is 17.2 Å². The number of rotatable bonds is 4. The quantitative estimate of drug-likeness (QED) is 0.771. The summed E-state index contributed by atoms with van der Waals surface area (Å²) < 4.78 is 13.8. The minimum atomic E-state index is -0.280. The maximum absolute atomic E-state index is 13.0. The average molecular weight is 393 g/mol. The Morgan fingerprint density at radius 1 is 1.42 bits per heavy atom. The van der Waals surface area contributed by atoms with Crippen molar-refractivity contribution in [2.24, 2.45) is 0 Å². The second-order valence-corrected chi connectivity index (χ2v) is 5.24. The zero-order valence-corrected chi connectivity index (χ0v) is 13.0. The third-order valence-corrected chi connectivity index (χ3v) is 3.43. The molecule has 7 heteroatoms. The molecule has 2 rings (SSSR count). The second-order valence-electron chi connectivity index (χ2n) is 3.67. The van der Waals surface area contributed by atoms with Gasteiger partial charge in [0.05, 0.1) is 11.9 Å². The van der Waals surface area contributed by atoms with Crippen molar-refractivity contribution in [3.8, 4) is 0 Å². The van der Waals surface area contributed by atoms with Crippen molar-refractivity contribution in [3.63, 3.8) is 0 Å². The Kier molecular flexibility index (Phi) is 4.76. The first kappa shape index (κ1) is 14.3. The highest BCUT2D eigenvalue weighted by molar-refractivity contribution is 14.1. The molecule has 1 heterocycles.